The Kier molecular flexibility index (Phi) is 5.03. The van der Waals surface area contributed by atoms with Gasteiger partial charge in [-0.15, -0.1) is 0 Å². The van der Waals surface area contributed by atoms with E-state index in [9.17, 15) is 0 Å². The first-order valence-electron chi connectivity index (χ1n) is 7.29. The van der Waals surface area contributed by atoms with Crippen molar-refractivity contribution in [1.29, 1.82) is 0 Å². The molecule has 0 spiro atoms. The maximum Gasteiger partial charge on any atom is 0.218 e. The van der Waals surface area contributed by atoms with Gasteiger partial charge in [0.05, 0.1) is 0 Å². The van der Waals surface area contributed by atoms with Gasteiger partial charge in [0.25, 0.3) is 0 Å². The lowest BCUT2D eigenvalue weighted by Gasteiger charge is -2.28. The van der Waals surface area contributed by atoms with Crippen molar-refractivity contribution in [2.75, 3.05) is 0 Å². The topological polar surface area (TPSA) is 35.0 Å². The molecule has 0 amide bonds. The minimum Gasteiger partial charge on any atom is -0.474 e. The van der Waals surface area contributed by atoms with Crippen LogP contribution in [0.2, 0.25) is 5.15 Å². The Hall–Kier alpha value is -0.830. The first-order chi connectivity index (χ1) is 9.08. The molecule has 2 unspecified atom stereocenters. The van der Waals surface area contributed by atoms with Crippen molar-refractivity contribution >= 4 is 11.6 Å². The summed E-state index contributed by atoms with van der Waals surface area (Å²) >= 11 is 6.04. The van der Waals surface area contributed by atoms with E-state index in [0.717, 1.165) is 24.6 Å². The first kappa shape index (κ1) is 14.6. The van der Waals surface area contributed by atoms with Crippen LogP contribution in [0.25, 0.3) is 0 Å². The molecule has 0 aliphatic heterocycles. The molecule has 0 aromatic carbocycles. The second-order valence-electron chi connectivity index (χ2n) is 5.72. The van der Waals surface area contributed by atoms with Crippen LogP contribution in [-0.2, 0) is 0 Å². The summed E-state index contributed by atoms with van der Waals surface area (Å²) in [4.78, 5) is 8.69. The summed E-state index contributed by atoms with van der Waals surface area (Å²) in [6, 6.07) is 1.73. The van der Waals surface area contributed by atoms with Gasteiger partial charge in [-0.25, -0.2) is 4.98 Å². The molecule has 0 N–H and O–H groups in total. The third-order valence-corrected chi connectivity index (χ3v) is 4.00. The van der Waals surface area contributed by atoms with Gasteiger partial charge in [0.2, 0.25) is 5.88 Å². The average Bonchev–Trinajstić information content (AvgIpc) is 2.38. The van der Waals surface area contributed by atoms with Gasteiger partial charge in [-0.05, 0) is 25.2 Å². The summed E-state index contributed by atoms with van der Waals surface area (Å²) in [7, 11) is 0. The van der Waals surface area contributed by atoms with E-state index in [2.05, 4.69) is 30.7 Å². The van der Waals surface area contributed by atoms with E-state index < -0.39 is 0 Å². The van der Waals surface area contributed by atoms with Crippen LogP contribution in [0.3, 0.4) is 0 Å². The Bertz CT molecular complexity index is 423. The highest BCUT2D eigenvalue weighted by Crippen LogP contribution is 2.29. The second kappa shape index (κ2) is 6.56. The molecule has 1 aliphatic rings. The molecular formula is C15H23ClN2O. The molecule has 1 saturated carbocycles. The van der Waals surface area contributed by atoms with Gasteiger partial charge in [0.15, 0.2) is 0 Å². The predicted molar refractivity (Wildman–Crippen MR) is 77.8 cm³/mol. The van der Waals surface area contributed by atoms with Gasteiger partial charge in [0.1, 0.15) is 17.1 Å². The molecule has 19 heavy (non-hydrogen) atoms. The highest BCUT2D eigenvalue weighted by molar-refractivity contribution is 6.29. The van der Waals surface area contributed by atoms with Crippen LogP contribution in [-0.4, -0.2) is 16.1 Å². The Morgan fingerprint density at radius 1 is 1.37 bits per heavy atom. The van der Waals surface area contributed by atoms with Crippen molar-refractivity contribution in [3.63, 3.8) is 0 Å². The van der Waals surface area contributed by atoms with Gasteiger partial charge in [-0.1, -0.05) is 45.2 Å². The van der Waals surface area contributed by atoms with Crippen LogP contribution in [0.5, 0.6) is 5.88 Å². The van der Waals surface area contributed by atoms with E-state index in [-0.39, 0.29) is 12.0 Å². The molecule has 1 aliphatic carbocycles. The Morgan fingerprint density at radius 3 is 2.84 bits per heavy atom. The molecule has 106 valence electrons. The zero-order chi connectivity index (χ0) is 13.8. The summed E-state index contributed by atoms with van der Waals surface area (Å²) in [6.45, 7) is 6.37. The standard InChI is InChI=1S/C15H23ClN2O/c1-4-11-6-5-7-12(8-11)19-14-9-13(16)17-15(18-14)10(2)3/h9-12H,4-8H2,1-3H3. The van der Waals surface area contributed by atoms with Crippen molar-refractivity contribution in [3.8, 4) is 5.88 Å². The quantitative estimate of drug-likeness (QED) is 0.757. The van der Waals surface area contributed by atoms with E-state index in [0.29, 0.717) is 11.0 Å². The number of hydrogen-bond acceptors (Lipinski definition) is 3. The van der Waals surface area contributed by atoms with E-state index in [4.69, 9.17) is 16.3 Å². The molecule has 0 radical (unpaired) electrons. The van der Waals surface area contributed by atoms with Crippen molar-refractivity contribution in [2.24, 2.45) is 5.92 Å². The molecule has 3 nitrogen and oxygen atoms in total. The number of nitrogens with zero attached hydrogens (tertiary/aromatic N) is 2. The number of ether oxygens (including phenoxy) is 1. The average molecular weight is 283 g/mol. The SMILES string of the molecule is CCC1CCCC(Oc2cc(Cl)nc(C(C)C)n2)C1. The lowest BCUT2D eigenvalue weighted by Crippen LogP contribution is -2.25. The van der Waals surface area contributed by atoms with Crippen molar-refractivity contribution in [2.45, 2.75) is 64.9 Å². The van der Waals surface area contributed by atoms with Crippen LogP contribution in [0.4, 0.5) is 0 Å². The van der Waals surface area contributed by atoms with E-state index in [1.54, 1.807) is 6.07 Å². The van der Waals surface area contributed by atoms with E-state index in [1.807, 2.05) is 0 Å². The lowest BCUT2D eigenvalue weighted by atomic mass is 9.85. The van der Waals surface area contributed by atoms with Gasteiger partial charge < -0.3 is 4.74 Å². The predicted octanol–water partition coefficient (Wildman–Crippen LogP) is 4.60. The highest BCUT2D eigenvalue weighted by Gasteiger charge is 2.22. The third-order valence-electron chi connectivity index (χ3n) is 3.80. The maximum atomic E-state index is 6.04. The van der Waals surface area contributed by atoms with Crippen LogP contribution in [0, 0.1) is 5.92 Å². The Labute approximate surface area is 120 Å². The zero-order valence-electron chi connectivity index (χ0n) is 12.0. The van der Waals surface area contributed by atoms with Gasteiger partial charge in [0, 0.05) is 12.0 Å². The summed E-state index contributed by atoms with van der Waals surface area (Å²) in [5.41, 5.74) is 0. The monoisotopic (exact) mass is 282 g/mol. The van der Waals surface area contributed by atoms with Crippen molar-refractivity contribution in [3.05, 3.63) is 17.0 Å². The summed E-state index contributed by atoms with van der Waals surface area (Å²) in [5, 5.41) is 0.469. The summed E-state index contributed by atoms with van der Waals surface area (Å²) in [5.74, 6) is 2.44. The fourth-order valence-corrected chi connectivity index (χ4v) is 2.80. The minimum atomic E-state index is 0.260. The van der Waals surface area contributed by atoms with E-state index in [1.165, 1.54) is 19.3 Å². The second-order valence-corrected chi connectivity index (χ2v) is 6.11. The Balaban J connectivity index is 2.06. The smallest absolute Gasteiger partial charge is 0.218 e. The minimum absolute atomic E-state index is 0.260. The molecule has 1 aromatic rings. The summed E-state index contributed by atoms with van der Waals surface area (Å²) < 4.78 is 6.02. The van der Waals surface area contributed by atoms with Gasteiger partial charge >= 0.3 is 0 Å². The number of halogens is 1. The normalized spacial score (nSPS) is 23.6. The van der Waals surface area contributed by atoms with Crippen LogP contribution in [0.1, 0.15) is 64.6 Å². The highest BCUT2D eigenvalue weighted by atomic mass is 35.5. The van der Waals surface area contributed by atoms with Crippen LogP contribution in [0.15, 0.2) is 6.07 Å². The van der Waals surface area contributed by atoms with Crippen molar-refractivity contribution in [1.82, 2.24) is 9.97 Å². The maximum absolute atomic E-state index is 6.04. The molecule has 0 saturated heterocycles. The number of rotatable bonds is 4. The molecule has 2 atom stereocenters. The molecular weight excluding hydrogens is 260 g/mol. The van der Waals surface area contributed by atoms with Crippen molar-refractivity contribution < 1.29 is 4.74 Å². The lowest BCUT2D eigenvalue weighted by molar-refractivity contribution is 0.116. The third kappa shape index (κ3) is 4.07. The molecule has 1 heterocycles. The largest absolute Gasteiger partial charge is 0.474 e. The fraction of sp³-hybridized carbons (Fsp3) is 0.733. The molecule has 1 aromatic heterocycles. The number of hydrogen-bond donors (Lipinski definition) is 0. The van der Waals surface area contributed by atoms with Gasteiger partial charge in [-0.2, -0.15) is 4.98 Å². The molecule has 0 bridgehead atoms. The molecule has 2 rings (SSSR count). The summed E-state index contributed by atoms with van der Waals surface area (Å²) in [6.07, 6.45) is 6.35. The fourth-order valence-electron chi connectivity index (χ4n) is 2.62. The van der Waals surface area contributed by atoms with Crippen LogP contribution < -0.4 is 4.74 Å². The molecule has 1 fully saturated rings. The van der Waals surface area contributed by atoms with E-state index >= 15 is 0 Å². The Morgan fingerprint density at radius 2 is 2.16 bits per heavy atom. The number of aromatic nitrogens is 2. The van der Waals surface area contributed by atoms with Gasteiger partial charge in [-0.3, -0.25) is 0 Å². The zero-order valence-corrected chi connectivity index (χ0v) is 12.8. The van der Waals surface area contributed by atoms with Crippen LogP contribution >= 0.6 is 11.6 Å². The first-order valence-corrected chi connectivity index (χ1v) is 7.67. The molecule has 4 heteroatoms.